The molecule has 0 fully saturated rings. The lowest BCUT2D eigenvalue weighted by molar-refractivity contribution is 0.0247. The van der Waals surface area contributed by atoms with Crippen molar-refractivity contribution >= 4 is 12.0 Å². The molecule has 0 N–H and O–H groups in total. The van der Waals surface area contributed by atoms with E-state index in [9.17, 15) is 9.59 Å². The van der Waals surface area contributed by atoms with Gasteiger partial charge in [-0.1, -0.05) is 0 Å². The van der Waals surface area contributed by atoms with E-state index in [4.69, 9.17) is 4.74 Å². The van der Waals surface area contributed by atoms with Crippen LogP contribution in [0.15, 0.2) is 0 Å². The Morgan fingerprint density at radius 2 is 1.77 bits per heavy atom. The quantitative estimate of drug-likeness (QED) is 0.738. The third kappa shape index (κ3) is 2.49. The molecule has 1 aliphatic heterocycles. The number of aryl methyl sites for hydroxylation is 1. The fourth-order valence-corrected chi connectivity index (χ4v) is 3.25. The Labute approximate surface area is 130 Å². The smallest absolute Gasteiger partial charge is 0.417 e. The molecule has 3 rings (SSSR count). The monoisotopic (exact) mass is 302 g/mol. The normalized spacial score (nSPS) is 17.3. The number of carbonyl (C=O) groups is 2. The first-order valence-electron chi connectivity index (χ1n) is 7.84. The van der Waals surface area contributed by atoms with Crippen molar-refractivity contribution in [2.24, 2.45) is 0 Å². The molecule has 1 aromatic rings. The van der Waals surface area contributed by atoms with E-state index in [1.165, 1.54) is 16.0 Å². The number of aromatic nitrogens is 1. The highest BCUT2D eigenvalue weighted by Gasteiger charge is 2.38. The van der Waals surface area contributed by atoms with Gasteiger partial charge in [-0.25, -0.2) is 14.7 Å². The maximum atomic E-state index is 12.5. The second-order valence-corrected chi connectivity index (χ2v) is 7.06. The summed E-state index contributed by atoms with van der Waals surface area (Å²) < 4.78 is 5.34. The number of rotatable bonds is 0. The van der Waals surface area contributed by atoms with Gasteiger partial charge in [0.15, 0.2) is 0 Å². The average molecular weight is 302 g/mol. The molecule has 5 heteroatoms. The van der Waals surface area contributed by atoms with Crippen LogP contribution in [0.25, 0.3) is 0 Å². The Hall–Kier alpha value is -1.91. The summed E-state index contributed by atoms with van der Waals surface area (Å²) in [7, 11) is 0. The van der Waals surface area contributed by atoms with Crippen molar-refractivity contribution in [2.75, 3.05) is 0 Å². The highest BCUT2D eigenvalue weighted by molar-refractivity contribution is 6.05. The number of amides is 2. The van der Waals surface area contributed by atoms with Crippen molar-refractivity contribution in [1.82, 2.24) is 9.88 Å². The van der Waals surface area contributed by atoms with E-state index >= 15 is 0 Å². The van der Waals surface area contributed by atoms with Gasteiger partial charge in [0.1, 0.15) is 11.3 Å². The summed E-state index contributed by atoms with van der Waals surface area (Å²) in [6, 6.07) is 0. The van der Waals surface area contributed by atoms with Crippen LogP contribution in [0.1, 0.15) is 66.5 Å². The fourth-order valence-electron chi connectivity index (χ4n) is 3.25. The van der Waals surface area contributed by atoms with Crippen LogP contribution in [0.3, 0.4) is 0 Å². The van der Waals surface area contributed by atoms with Crippen LogP contribution in [0.2, 0.25) is 0 Å². The first-order valence-corrected chi connectivity index (χ1v) is 7.84. The molecule has 0 spiro atoms. The summed E-state index contributed by atoms with van der Waals surface area (Å²) in [6.07, 6.45) is 3.69. The molecule has 0 bridgehead atoms. The van der Waals surface area contributed by atoms with Crippen LogP contribution in [-0.2, 0) is 24.1 Å². The molecule has 2 heterocycles. The number of nitrogens with zero attached hydrogens (tertiary/aromatic N) is 2. The molecule has 0 atom stereocenters. The minimum absolute atomic E-state index is 0.290. The van der Waals surface area contributed by atoms with Gasteiger partial charge in [0.2, 0.25) is 0 Å². The van der Waals surface area contributed by atoms with Crippen molar-refractivity contribution in [1.29, 1.82) is 0 Å². The molecule has 1 aromatic heterocycles. The van der Waals surface area contributed by atoms with Gasteiger partial charge in [-0.05, 0) is 64.5 Å². The summed E-state index contributed by atoms with van der Waals surface area (Å²) in [5.74, 6) is -0.333. The lowest BCUT2D eigenvalue weighted by atomic mass is 9.87. The Morgan fingerprint density at radius 3 is 2.41 bits per heavy atom. The number of ether oxygens (including phenoxy) is 1. The first kappa shape index (κ1) is 15.0. The molecule has 0 aromatic carbocycles. The predicted molar refractivity (Wildman–Crippen MR) is 81.7 cm³/mol. The van der Waals surface area contributed by atoms with Gasteiger partial charge in [0.25, 0.3) is 5.91 Å². The zero-order valence-corrected chi connectivity index (χ0v) is 13.7. The maximum absolute atomic E-state index is 12.5. The van der Waals surface area contributed by atoms with Crippen LogP contribution in [-0.4, -0.2) is 27.5 Å². The van der Waals surface area contributed by atoms with Gasteiger partial charge in [0, 0.05) is 11.3 Å². The van der Waals surface area contributed by atoms with Gasteiger partial charge >= 0.3 is 6.09 Å². The van der Waals surface area contributed by atoms with Crippen LogP contribution in [0.5, 0.6) is 0 Å². The number of hydrogen-bond acceptors (Lipinski definition) is 4. The lowest BCUT2D eigenvalue weighted by Crippen LogP contribution is -2.37. The van der Waals surface area contributed by atoms with Crippen molar-refractivity contribution in [2.45, 2.75) is 65.5 Å². The second kappa shape index (κ2) is 5.07. The number of fused-ring (bicyclic) bond motifs is 3. The molecule has 2 amide bonds. The zero-order valence-electron chi connectivity index (χ0n) is 13.7. The SMILES string of the molecule is Cc1nc2c(c3c1CCCC3)CN(C(=O)OC(C)(C)C)C2=O. The van der Waals surface area contributed by atoms with Gasteiger partial charge in [-0.3, -0.25) is 4.79 Å². The third-order valence-electron chi connectivity index (χ3n) is 4.21. The van der Waals surface area contributed by atoms with E-state index < -0.39 is 11.7 Å². The fraction of sp³-hybridized carbons (Fsp3) is 0.588. The average Bonchev–Trinajstić information content (AvgIpc) is 2.75. The molecule has 0 saturated heterocycles. The molecule has 0 radical (unpaired) electrons. The first-order chi connectivity index (χ1) is 10.3. The predicted octanol–water partition coefficient (Wildman–Crippen LogP) is 3.16. The topological polar surface area (TPSA) is 59.5 Å². The number of pyridine rings is 1. The third-order valence-corrected chi connectivity index (χ3v) is 4.21. The van der Waals surface area contributed by atoms with Gasteiger partial charge < -0.3 is 4.74 Å². The van der Waals surface area contributed by atoms with E-state index in [0.29, 0.717) is 12.2 Å². The highest BCUT2D eigenvalue weighted by atomic mass is 16.6. The van der Waals surface area contributed by atoms with Crippen molar-refractivity contribution in [3.8, 4) is 0 Å². The Balaban J connectivity index is 1.96. The van der Waals surface area contributed by atoms with E-state index in [1.807, 2.05) is 6.92 Å². The minimum atomic E-state index is -0.616. The van der Waals surface area contributed by atoms with Gasteiger partial charge in [-0.2, -0.15) is 0 Å². The van der Waals surface area contributed by atoms with Gasteiger partial charge in [-0.15, -0.1) is 0 Å². The number of carbonyl (C=O) groups excluding carboxylic acids is 2. The number of hydrogen-bond donors (Lipinski definition) is 0. The van der Waals surface area contributed by atoms with E-state index in [1.54, 1.807) is 20.8 Å². The molecule has 0 saturated carbocycles. The van der Waals surface area contributed by atoms with Crippen molar-refractivity contribution < 1.29 is 14.3 Å². The summed E-state index contributed by atoms with van der Waals surface area (Å²) in [6.45, 7) is 7.63. The Kier molecular flexibility index (Phi) is 3.46. The molecule has 1 aliphatic carbocycles. The Bertz CT molecular complexity index is 659. The summed E-state index contributed by atoms with van der Waals surface area (Å²) >= 11 is 0. The van der Waals surface area contributed by atoms with Crippen molar-refractivity contribution in [3.05, 3.63) is 28.1 Å². The summed E-state index contributed by atoms with van der Waals surface area (Å²) in [4.78, 5) is 30.4. The Morgan fingerprint density at radius 1 is 1.14 bits per heavy atom. The summed E-state index contributed by atoms with van der Waals surface area (Å²) in [5.41, 5.74) is 4.17. The molecule has 5 nitrogen and oxygen atoms in total. The molecule has 22 heavy (non-hydrogen) atoms. The molecule has 2 aliphatic rings. The van der Waals surface area contributed by atoms with Crippen LogP contribution >= 0.6 is 0 Å². The number of imide groups is 1. The minimum Gasteiger partial charge on any atom is -0.443 e. The maximum Gasteiger partial charge on any atom is 0.417 e. The standard InChI is InChI=1S/C17H22N2O3/c1-10-11-7-5-6-8-12(11)13-9-19(15(20)14(13)18-10)16(21)22-17(2,3)4/h5-9H2,1-4H3. The van der Waals surface area contributed by atoms with Crippen molar-refractivity contribution in [3.63, 3.8) is 0 Å². The van der Waals surface area contributed by atoms with Crippen LogP contribution in [0.4, 0.5) is 4.79 Å². The molecule has 0 unspecified atom stereocenters. The lowest BCUT2D eigenvalue weighted by Gasteiger charge is -2.23. The largest absolute Gasteiger partial charge is 0.443 e. The second-order valence-electron chi connectivity index (χ2n) is 7.06. The van der Waals surface area contributed by atoms with E-state index in [0.717, 1.165) is 36.9 Å². The molecule has 118 valence electrons. The zero-order chi connectivity index (χ0) is 16.1. The molecular formula is C17H22N2O3. The summed E-state index contributed by atoms with van der Waals surface area (Å²) in [5, 5.41) is 0. The van der Waals surface area contributed by atoms with Gasteiger partial charge in [0.05, 0.1) is 6.54 Å². The highest BCUT2D eigenvalue weighted by Crippen LogP contribution is 2.33. The van der Waals surface area contributed by atoms with E-state index in [2.05, 4.69) is 4.98 Å². The van der Waals surface area contributed by atoms with Crippen LogP contribution in [0, 0.1) is 6.92 Å². The van der Waals surface area contributed by atoms with Crippen LogP contribution < -0.4 is 0 Å². The van der Waals surface area contributed by atoms with E-state index in [-0.39, 0.29) is 5.91 Å². The molecular weight excluding hydrogens is 280 g/mol.